The third-order valence-corrected chi connectivity index (χ3v) is 2.41. The lowest BCUT2D eigenvalue weighted by molar-refractivity contribution is 0.123. The Morgan fingerprint density at radius 2 is 1.58 bits per heavy atom. The Bertz CT molecular complexity index is 558. The Morgan fingerprint density at radius 1 is 1.00 bits per heavy atom. The predicted molar refractivity (Wildman–Crippen MR) is 72.5 cm³/mol. The largest absolute Gasteiger partial charge is 0.422 e. The van der Waals surface area contributed by atoms with Gasteiger partial charge in [-0.3, -0.25) is 0 Å². The SMILES string of the molecule is O=C(Cl)OC(N=Nc1ccccc1)c1ccccc1. The van der Waals surface area contributed by atoms with E-state index in [9.17, 15) is 4.79 Å². The number of hydrogen-bond donors (Lipinski definition) is 0. The van der Waals surface area contributed by atoms with Gasteiger partial charge < -0.3 is 4.74 Å². The van der Waals surface area contributed by atoms with E-state index in [1.807, 2.05) is 36.4 Å². The summed E-state index contributed by atoms with van der Waals surface area (Å²) in [6, 6.07) is 18.2. The van der Waals surface area contributed by atoms with E-state index in [0.717, 1.165) is 0 Å². The van der Waals surface area contributed by atoms with Gasteiger partial charge in [0.15, 0.2) is 0 Å². The molecule has 1 atom stereocenters. The molecule has 0 aliphatic carbocycles. The summed E-state index contributed by atoms with van der Waals surface area (Å²) >= 11 is 5.24. The molecule has 19 heavy (non-hydrogen) atoms. The van der Waals surface area contributed by atoms with Crippen molar-refractivity contribution in [2.75, 3.05) is 0 Å². The number of rotatable bonds is 4. The molecule has 0 N–H and O–H groups in total. The molecule has 0 radical (unpaired) electrons. The number of azo groups is 1. The van der Waals surface area contributed by atoms with Gasteiger partial charge in [-0.25, -0.2) is 4.79 Å². The van der Waals surface area contributed by atoms with E-state index in [-0.39, 0.29) is 0 Å². The van der Waals surface area contributed by atoms with E-state index in [1.54, 1.807) is 24.3 Å². The normalized spacial score (nSPS) is 12.3. The number of halogens is 1. The summed E-state index contributed by atoms with van der Waals surface area (Å²) < 4.78 is 4.92. The van der Waals surface area contributed by atoms with Crippen molar-refractivity contribution in [3.8, 4) is 0 Å². The molecule has 0 bridgehead atoms. The molecule has 0 spiro atoms. The molecule has 1 unspecified atom stereocenters. The Balaban J connectivity index is 2.19. The highest BCUT2D eigenvalue weighted by Crippen LogP contribution is 2.22. The first kappa shape index (κ1) is 13.2. The van der Waals surface area contributed by atoms with Gasteiger partial charge in [-0.15, -0.1) is 5.11 Å². The Morgan fingerprint density at radius 3 is 2.16 bits per heavy atom. The first-order valence-electron chi connectivity index (χ1n) is 5.62. The van der Waals surface area contributed by atoms with E-state index in [4.69, 9.17) is 16.3 Å². The van der Waals surface area contributed by atoms with Crippen LogP contribution in [0.1, 0.15) is 11.8 Å². The molecule has 0 saturated heterocycles. The molecule has 96 valence electrons. The van der Waals surface area contributed by atoms with Gasteiger partial charge in [0.1, 0.15) is 0 Å². The number of benzene rings is 2. The van der Waals surface area contributed by atoms with E-state index >= 15 is 0 Å². The lowest BCUT2D eigenvalue weighted by Gasteiger charge is -2.10. The molecule has 0 heterocycles. The molecule has 0 aliphatic heterocycles. The van der Waals surface area contributed by atoms with Crippen LogP contribution in [0, 0.1) is 0 Å². The molecular formula is C14H11ClN2O2. The Labute approximate surface area is 115 Å². The smallest absolute Gasteiger partial charge is 0.406 e. The van der Waals surface area contributed by atoms with Gasteiger partial charge in [0.2, 0.25) is 6.23 Å². The fraction of sp³-hybridized carbons (Fsp3) is 0.0714. The first-order valence-corrected chi connectivity index (χ1v) is 6.00. The average Bonchev–Trinajstić information content (AvgIpc) is 2.45. The van der Waals surface area contributed by atoms with Gasteiger partial charge in [0.05, 0.1) is 5.69 Å². The molecule has 0 amide bonds. The topological polar surface area (TPSA) is 51.0 Å². The van der Waals surface area contributed by atoms with Crippen LogP contribution in [0.15, 0.2) is 70.9 Å². The number of carbonyl (C=O) groups excluding carboxylic acids is 1. The number of nitrogens with zero attached hydrogens (tertiary/aromatic N) is 2. The van der Waals surface area contributed by atoms with E-state index in [2.05, 4.69) is 10.2 Å². The average molecular weight is 275 g/mol. The molecule has 0 saturated carbocycles. The Kier molecular flexibility index (Phi) is 4.64. The monoisotopic (exact) mass is 274 g/mol. The van der Waals surface area contributed by atoms with Crippen LogP contribution in [-0.2, 0) is 4.74 Å². The van der Waals surface area contributed by atoms with E-state index in [1.165, 1.54) is 0 Å². The van der Waals surface area contributed by atoms with Gasteiger partial charge in [-0.05, 0) is 12.1 Å². The maximum absolute atomic E-state index is 10.9. The van der Waals surface area contributed by atoms with Crippen LogP contribution in [-0.4, -0.2) is 5.43 Å². The summed E-state index contributed by atoms with van der Waals surface area (Å²) in [5.74, 6) is 0. The second kappa shape index (κ2) is 6.66. The number of hydrogen-bond acceptors (Lipinski definition) is 4. The first-order chi connectivity index (χ1) is 9.25. The second-order valence-electron chi connectivity index (χ2n) is 3.67. The quantitative estimate of drug-likeness (QED) is 0.591. The maximum atomic E-state index is 10.9. The minimum absolute atomic E-state index is 0.675. The van der Waals surface area contributed by atoms with Crippen molar-refractivity contribution in [3.63, 3.8) is 0 Å². The Hall–Kier alpha value is -2.20. The van der Waals surface area contributed by atoms with Crippen LogP contribution in [0.3, 0.4) is 0 Å². The zero-order valence-electron chi connectivity index (χ0n) is 9.94. The third-order valence-electron chi connectivity index (χ3n) is 2.32. The second-order valence-corrected chi connectivity index (χ2v) is 3.98. The minimum Gasteiger partial charge on any atom is -0.422 e. The fourth-order valence-corrected chi connectivity index (χ4v) is 1.56. The van der Waals surface area contributed by atoms with E-state index in [0.29, 0.717) is 11.3 Å². The lowest BCUT2D eigenvalue weighted by atomic mass is 10.2. The number of ether oxygens (including phenoxy) is 1. The zero-order valence-corrected chi connectivity index (χ0v) is 10.7. The van der Waals surface area contributed by atoms with Crippen molar-refractivity contribution in [1.29, 1.82) is 0 Å². The van der Waals surface area contributed by atoms with Gasteiger partial charge in [-0.2, -0.15) is 5.11 Å². The van der Waals surface area contributed by atoms with Crippen LogP contribution in [0.5, 0.6) is 0 Å². The summed E-state index contributed by atoms with van der Waals surface area (Å²) in [6.07, 6.45) is -0.841. The van der Waals surface area contributed by atoms with Gasteiger partial charge in [0, 0.05) is 17.2 Å². The molecule has 5 heteroatoms. The molecule has 0 fully saturated rings. The summed E-state index contributed by atoms with van der Waals surface area (Å²) in [5.41, 5.74) is 0.464. The van der Waals surface area contributed by atoms with Gasteiger partial charge in [-0.1, -0.05) is 48.5 Å². The lowest BCUT2D eigenvalue weighted by Crippen LogP contribution is -2.02. The van der Waals surface area contributed by atoms with Gasteiger partial charge in [0.25, 0.3) is 0 Å². The maximum Gasteiger partial charge on any atom is 0.406 e. The van der Waals surface area contributed by atoms with Crippen molar-refractivity contribution in [2.45, 2.75) is 6.23 Å². The summed E-state index contributed by atoms with van der Waals surface area (Å²) in [7, 11) is 0. The highest BCUT2D eigenvalue weighted by atomic mass is 35.5. The van der Waals surface area contributed by atoms with Gasteiger partial charge >= 0.3 is 5.43 Å². The zero-order chi connectivity index (χ0) is 13.5. The highest BCUT2D eigenvalue weighted by molar-refractivity contribution is 6.61. The van der Waals surface area contributed by atoms with Crippen molar-refractivity contribution in [3.05, 3.63) is 66.2 Å². The van der Waals surface area contributed by atoms with Crippen molar-refractivity contribution in [2.24, 2.45) is 10.2 Å². The van der Waals surface area contributed by atoms with Crippen LogP contribution in [0.4, 0.5) is 10.5 Å². The summed E-state index contributed by atoms with van der Waals surface area (Å²) in [5, 5.41) is 8.03. The molecule has 4 nitrogen and oxygen atoms in total. The molecule has 2 aromatic rings. The molecule has 0 aromatic heterocycles. The molecule has 0 aliphatic rings. The van der Waals surface area contributed by atoms with Crippen molar-refractivity contribution in [1.82, 2.24) is 0 Å². The van der Waals surface area contributed by atoms with Crippen LogP contribution in [0.2, 0.25) is 0 Å². The van der Waals surface area contributed by atoms with Crippen molar-refractivity contribution < 1.29 is 9.53 Å². The van der Waals surface area contributed by atoms with E-state index < -0.39 is 11.7 Å². The molecule has 2 rings (SSSR count). The van der Waals surface area contributed by atoms with Crippen molar-refractivity contribution >= 4 is 22.7 Å². The standard InChI is InChI=1S/C14H11ClN2O2/c15-14(18)19-13(11-7-3-1-4-8-11)17-16-12-9-5-2-6-10-12/h1-10,13H. The van der Waals surface area contributed by atoms with Crippen LogP contribution < -0.4 is 0 Å². The molecular weight excluding hydrogens is 264 g/mol. The summed E-state index contributed by atoms with van der Waals surface area (Å²) in [6.45, 7) is 0. The van der Waals surface area contributed by atoms with Crippen LogP contribution in [0.25, 0.3) is 0 Å². The highest BCUT2D eigenvalue weighted by Gasteiger charge is 2.14. The predicted octanol–water partition coefficient (Wildman–Crippen LogP) is 4.84. The third kappa shape index (κ3) is 4.19. The molecule has 2 aromatic carbocycles. The fourth-order valence-electron chi connectivity index (χ4n) is 1.48. The van der Waals surface area contributed by atoms with Crippen LogP contribution >= 0.6 is 11.6 Å². The summed E-state index contributed by atoms with van der Waals surface area (Å²) in [4.78, 5) is 10.9. The number of carbonyl (C=O) groups is 1. The minimum atomic E-state index is -0.916.